The highest BCUT2D eigenvalue weighted by atomic mass is 14.1. The van der Waals surface area contributed by atoms with E-state index in [-0.39, 0.29) is 0 Å². The first-order valence-corrected chi connectivity index (χ1v) is 7.42. The fourth-order valence-corrected chi connectivity index (χ4v) is 2.74. The van der Waals surface area contributed by atoms with E-state index in [9.17, 15) is 0 Å². The van der Waals surface area contributed by atoms with Crippen LogP contribution in [0, 0.1) is 6.92 Å². The van der Waals surface area contributed by atoms with Gasteiger partial charge in [0.15, 0.2) is 0 Å². The Hall–Kier alpha value is -1.56. The zero-order valence-corrected chi connectivity index (χ0v) is 12.2. The van der Waals surface area contributed by atoms with Crippen LogP contribution in [-0.2, 0) is 19.3 Å². The molecule has 0 N–H and O–H groups in total. The molecule has 100 valence electrons. The van der Waals surface area contributed by atoms with Crippen LogP contribution in [0.2, 0.25) is 0 Å². The largest absolute Gasteiger partial charge is 0.0651 e. The molecule has 2 aromatic rings. The molecule has 0 radical (unpaired) electrons. The van der Waals surface area contributed by atoms with E-state index in [0.29, 0.717) is 0 Å². The molecule has 0 saturated carbocycles. The second-order valence-corrected chi connectivity index (χ2v) is 5.30. The smallest absolute Gasteiger partial charge is 0.0270 e. The summed E-state index contributed by atoms with van der Waals surface area (Å²) in [5.74, 6) is 0. The minimum Gasteiger partial charge on any atom is -0.0651 e. The van der Waals surface area contributed by atoms with E-state index in [0.717, 1.165) is 0 Å². The Morgan fingerprint density at radius 2 is 1.58 bits per heavy atom. The van der Waals surface area contributed by atoms with Crippen molar-refractivity contribution in [3.05, 3.63) is 70.8 Å². The summed E-state index contributed by atoms with van der Waals surface area (Å²) in [5.41, 5.74) is 6.04. The number of hydrogen-bond donors (Lipinski definition) is 0. The van der Waals surface area contributed by atoms with E-state index in [2.05, 4.69) is 62.4 Å². The van der Waals surface area contributed by atoms with Crippen molar-refractivity contribution in [2.45, 2.75) is 46.0 Å². The topological polar surface area (TPSA) is 0 Å². The lowest BCUT2D eigenvalue weighted by molar-refractivity contribution is 0.796. The molecule has 0 aliphatic rings. The molecule has 2 rings (SSSR count). The molecule has 0 amide bonds. The van der Waals surface area contributed by atoms with E-state index in [1.54, 1.807) is 11.1 Å². The molecule has 0 bridgehead atoms. The normalized spacial score (nSPS) is 10.6. The molecule has 0 aliphatic carbocycles. The average molecular weight is 252 g/mol. The quantitative estimate of drug-likeness (QED) is 0.669. The van der Waals surface area contributed by atoms with E-state index >= 15 is 0 Å². The zero-order chi connectivity index (χ0) is 13.5. The maximum atomic E-state index is 2.30. The highest BCUT2D eigenvalue weighted by Gasteiger charge is 2.05. The van der Waals surface area contributed by atoms with Crippen molar-refractivity contribution in [2.24, 2.45) is 0 Å². The standard InChI is InChI=1S/C19H24/c1-3-9-18-14-7-10-16(2)19(18)15-8-13-17-11-5-4-6-12-17/h4-7,10-12,14H,3,8-9,13,15H2,1-2H3. The summed E-state index contributed by atoms with van der Waals surface area (Å²) < 4.78 is 0. The van der Waals surface area contributed by atoms with Gasteiger partial charge in [0, 0.05) is 0 Å². The summed E-state index contributed by atoms with van der Waals surface area (Å²) in [4.78, 5) is 0. The molecule has 0 heterocycles. The van der Waals surface area contributed by atoms with Crippen LogP contribution in [0.1, 0.15) is 42.0 Å². The summed E-state index contributed by atoms with van der Waals surface area (Å²) in [7, 11) is 0. The lowest BCUT2D eigenvalue weighted by atomic mass is 9.94. The van der Waals surface area contributed by atoms with Crippen molar-refractivity contribution in [3.63, 3.8) is 0 Å². The fourth-order valence-electron chi connectivity index (χ4n) is 2.74. The molecule has 0 heteroatoms. The Labute approximate surface area is 117 Å². The minimum absolute atomic E-state index is 1.18. The van der Waals surface area contributed by atoms with Gasteiger partial charge in [-0.3, -0.25) is 0 Å². The molecule has 0 fully saturated rings. The predicted octanol–water partition coefficient (Wildman–Crippen LogP) is 5.12. The molecule has 0 saturated heterocycles. The summed E-state index contributed by atoms with van der Waals surface area (Å²) >= 11 is 0. The summed E-state index contributed by atoms with van der Waals surface area (Å²) in [5, 5.41) is 0. The molecule has 0 aromatic heterocycles. The van der Waals surface area contributed by atoms with Crippen LogP contribution in [0.25, 0.3) is 0 Å². The Bertz CT molecular complexity index is 497. The fraction of sp³-hybridized carbons (Fsp3) is 0.368. The number of aryl methyl sites for hydroxylation is 3. The van der Waals surface area contributed by atoms with Gasteiger partial charge < -0.3 is 0 Å². The SMILES string of the molecule is CCCc1cccc(C)c1CCCc1ccccc1. The highest BCUT2D eigenvalue weighted by Crippen LogP contribution is 2.19. The monoisotopic (exact) mass is 252 g/mol. The van der Waals surface area contributed by atoms with Crippen LogP contribution in [0.4, 0.5) is 0 Å². The van der Waals surface area contributed by atoms with Gasteiger partial charge in [-0.15, -0.1) is 0 Å². The van der Waals surface area contributed by atoms with Gasteiger partial charge in [0.1, 0.15) is 0 Å². The lowest BCUT2D eigenvalue weighted by Gasteiger charge is -2.12. The molecule has 2 aromatic carbocycles. The Balaban J connectivity index is 1.99. The van der Waals surface area contributed by atoms with Crippen LogP contribution in [0.15, 0.2) is 48.5 Å². The number of hydrogen-bond acceptors (Lipinski definition) is 0. The van der Waals surface area contributed by atoms with Crippen molar-refractivity contribution in [3.8, 4) is 0 Å². The molecule has 0 aliphatic heterocycles. The lowest BCUT2D eigenvalue weighted by Crippen LogP contribution is -1.99. The van der Waals surface area contributed by atoms with Crippen LogP contribution < -0.4 is 0 Å². The minimum atomic E-state index is 1.18. The van der Waals surface area contributed by atoms with E-state index in [1.807, 2.05) is 0 Å². The van der Waals surface area contributed by atoms with Gasteiger partial charge in [0.2, 0.25) is 0 Å². The van der Waals surface area contributed by atoms with E-state index in [1.165, 1.54) is 43.2 Å². The molecule has 0 nitrogen and oxygen atoms in total. The van der Waals surface area contributed by atoms with Crippen molar-refractivity contribution >= 4 is 0 Å². The van der Waals surface area contributed by atoms with Crippen LogP contribution in [0.3, 0.4) is 0 Å². The van der Waals surface area contributed by atoms with Crippen LogP contribution >= 0.6 is 0 Å². The molecule has 0 unspecified atom stereocenters. The van der Waals surface area contributed by atoms with Gasteiger partial charge in [0.05, 0.1) is 0 Å². The molecule has 0 atom stereocenters. The average Bonchev–Trinajstić information content (AvgIpc) is 2.43. The highest BCUT2D eigenvalue weighted by molar-refractivity contribution is 5.34. The maximum absolute atomic E-state index is 2.30. The van der Waals surface area contributed by atoms with Crippen molar-refractivity contribution in [2.75, 3.05) is 0 Å². The number of rotatable bonds is 6. The van der Waals surface area contributed by atoms with Crippen molar-refractivity contribution < 1.29 is 0 Å². The Morgan fingerprint density at radius 3 is 2.32 bits per heavy atom. The van der Waals surface area contributed by atoms with E-state index in [4.69, 9.17) is 0 Å². The summed E-state index contributed by atoms with van der Waals surface area (Å²) in [6, 6.07) is 17.5. The molecular formula is C19H24. The Kier molecular flexibility index (Phi) is 5.20. The zero-order valence-electron chi connectivity index (χ0n) is 12.2. The second kappa shape index (κ2) is 7.13. The van der Waals surface area contributed by atoms with Crippen molar-refractivity contribution in [1.29, 1.82) is 0 Å². The van der Waals surface area contributed by atoms with Gasteiger partial charge in [-0.25, -0.2) is 0 Å². The third-order valence-corrected chi connectivity index (χ3v) is 3.76. The molecular weight excluding hydrogens is 228 g/mol. The third-order valence-electron chi connectivity index (χ3n) is 3.76. The first-order valence-electron chi connectivity index (χ1n) is 7.42. The van der Waals surface area contributed by atoms with Gasteiger partial charge in [-0.2, -0.15) is 0 Å². The van der Waals surface area contributed by atoms with Crippen LogP contribution in [-0.4, -0.2) is 0 Å². The van der Waals surface area contributed by atoms with Crippen LogP contribution in [0.5, 0.6) is 0 Å². The Morgan fingerprint density at radius 1 is 0.789 bits per heavy atom. The summed E-state index contributed by atoms with van der Waals surface area (Å²) in [6.45, 7) is 4.51. The molecule has 0 spiro atoms. The third kappa shape index (κ3) is 3.96. The van der Waals surface area contributed by atoms with E-state index < -0.39 is 0 Å². The van der Waals surface area contributed by atoms with Gasteiger partial charge >= 0.3 is 0 Å². The second-order valence-electron chi connectivity index (χ2n) is 5.30. The maximum Gasteiger partial charge on any atom is -0.0270 e. The van der Waals surface area contributed by atoms with Crippen molar-refractivity contribution in [1.82, 2.24) is 0 Å². The molecule has 19 heavy (non-hydrogen) atoms. The summed E-state index contributed by atoms with van der Waals surface area (Å²) in [6.07, 6.45) is 6.07. The van der Waals surface area contributed by atoms with Gasteiger partial charge in [-0.05, 0) is 54.9 Å². The number of benzene rings is 2. The first-order chi connectivity index (χ1) is 9.31. The first kappa shape index (κ1) is 13.9. The van der Waals surface area contributed by atoms with Gasteiger partial charge in [0.25, 0.3) is 0 Å². The van der Waals surface area contributed by atoms with Gasteiger partial charge in [-0.1, -0.05) is 61.9 Å². The predicted molar refractivity (Wildman–Crippen MR) is 83.6 cm³/mol.